The zero-order chi connectivity index (χ0) is 9.99. The summed E-state index contributed by atoms with van der Waals surface area (Å²) in [6, 6.07) is 0. The Bertz CT molecular complexity index is 146. The summed E-state index contributed by atoms with van der Waals surface area (Å²) < 4.78 is 36.6. The molecule has 1 N–H and O–H groups in total. The molecule has 1 unspecified atom stereocenters. The quantitative estimate of drug-likeness (QED) is 0.715. The molecule has 0 amide bonds. The number of likely N-dealkylation sites (N-methyl/N-ethyl adjacent to an activating group) is 1. The molecular weight excluding hydrogens is 171 g/mol. The van der Waals surface area contributed by atoms with Crippen molar-refractivity contribution in [1.82, 2.24) is 4.90 Å². The summed E-state index contributed by atoms with van der Waals surface area (Å²) in [5, 5.41) is 9.16. The third-order valence-electron chi connectivity index (χ3n) is 1.69. The highest BCUT2D eigenvalue weighted by Crippen LogP contribution is 2.33. The van der Waals surface area contributed by atoms with Crippen molar-refractivity contribution in [3.63, 3.8) is 0 Å². The van der Waals surface area contributed by atoms with Gasteiger partial charge in [-0.1, -0.05) is 6.92 Å². The first-order valence-corrected chi connectivity index (χ1v) is 3.67. The van der Waals surface area contributed by atoms with Crippen molar-refractivity contribution in [2.45, 2.75) is 25.1 Å². The first-order chi connectivity index (χ1) is 5.23. The van der Waals surface area contributed by atoms with Gasteiger partial charge in [-0.3, -0.25) is 0 Å². The van der Waals surface area contributed by atoms with Crippen LogP contribution >= 0.6 is 0 Å². The van der Waals surface area contributed by atoms with Crippen LogP contribution in [0.1, 0.15) is 13.3 Å². The fourth-order valence-corrected chi connectivity index (χ4v) is 0.925. The van der Waals surface area contributed by atoms with Gasteiger partial charge >= 0.3 is 6.18 Å². The van der Waals surface area contributed by atoms with Gasteiger partial charge in [-0.05, 0) is 20.5 Å². The molecule has 0 bridgehead atoms. The minimum Gasteiger partial charge on any atom is -0.379 e. The molecule has 12 heavy (non-hydrogen) atoms. The highest BCUT2D eigenvalue weighted by atomic mass is 19.4. The molecule has 0 fully saturated rings. The first-order valence-electron chi connectivity index (χ1n) is 3.67. The number of alkyl halides is 3. The van der Waals surface area contributed by atoms with E-state index in [0.717, 1.165) is 0 Å². The molecule has 0 spiro atoms. The number of hydrogen-bond acceptors (Lipinski definition) is 2. The van der Waals surface area contributed by atoms with Crippen molar-refractivity contribution >= 4 is 0 Å². The second-order valence-corrected chi connectivity index (χ2v) is 3.12. The van der Waals surface area contributed by atoms with Crippen LogP contribution in [0.2, 0.25) is 0 Å². The van der Waals surface area contributed by atoms with Gasteiger partial charge in [0.15, 0.2) is 5.60 Å². The van der Waals surface area contributed by atoms with Crippen LogP contribution < -0.4 is 0 Å². The van der Waals surface area contributed by atoms with Crippen molar-refractivity contribution in [1.29, 1.82) is 0 Å². The minimum absolute atomic E-state index is 0.325. The molecule has 0 aromatic rings. The Morgan fingerprint density at radius 3 is 1.75 bits per heavy atom. The standard InChI is InChI=1S/C7H14F3NO/c1-4-6(12,5-11(2)3)7(8,9)10/h12H,4-5H2,1-3H3. The number of nitrogens with zero attached hydrogens (tertiary/aromatic N) is 1. The van der Waals surface area contributed by atoms with Gasteiger partial charge < -0.3 is 10.0 Å². The molecule has 0 rings (SSSR count). The molecule has 0 saturated carbocycles. The fourth-order valence-electron chi connectivity index (χ4n) is 0.925. The molecule has 0 aromatic carbocycles. The predicted octanol–water partition coefficient (Wildman–Crippen LogP) is 1.25. The van der Waals surface area contributed by atoms with Crippen LogP contribution in [0.5, 0.6) is 0 Å². The van der Waals surface area contributed by atoms with Gasteiger partial charge in [0.2, 0.25) is 0 Å². The summed E-state index contributed by atoms with van der Waals surface area (Å²) in [5.41, 5.74) is -2.57. The molecule has 0 heterocycles. The molecule has 0 aliphatic carbocycles. The second kappa shape index (κ2) is 3.62. The zero-order valence-electron chi connectivity index (χ0n) is 7.44. The Morgan fingerprint density at radius 2 is 1.67 bits per heavy atom. The topological polar surface area (TPSA) is 23.5 Å². The van der Waals surface area contributed by atoms with E-state index in [-0.39, 0.29) is 6.42 Å². The second-order valence-electron chi connectivity index (χ2n) is 3.12. The lowest BCUT2D eigenvalue weighted by Crippen LogP contribution is -2.51. The van der Waals surface area contributed by atoms with Gasteiger partial charge in [0.1, 0.15) is 0 Å². The summed E-state index contributed by atoms with van der Waals surface area (Å²) in [4.78, 5) is 1.32. The van der Waals surface area contributed by atoms with E-state index in [0.29, 0.717) is 0 Å². The van der Waals surface area contributed by atoms with Crippen LogP contribution in [0.3, 0.4) is 0 Å². The smallest absolute Gasteiger partial charge is 0.379 e. The fraction of sp³-hybridized carbons (Fsp3) is 1.00. The van der Waals surface area contributed by atoms with Crippen molar-refractivity contribution in [3.8, 4) is 0 Å². The van der Waals surface area contributed by atoms with Crippen LogP contribution in [0, 0.1) is 0 Å². The van der Waals surface area contributed by atoms with Crippen molar-refractivity contribution in [2.75, 3.05) is 20.6 Å². The van der Waals surface area contributed by atoms with Crippen LogP contribution in [-0.2, 0) is 0 Å². The molecule has 0 saturated heterocycles. The molecule has 74 valence electrons. The number of rotatable bonds is 3. The molecule has 1 atom stereocenters. The van der Waals surface area contributed by atoms with Crippen molar-refractivity contribution in [2.24, 2.45) is 0 Å². The van der Waals surface area contributed by atoms with E-state index in [1.807, 2.05) is 0 Å². The Hall–Kier alpha value is -0.290. The summed E-state index contributed by atoms with van der Waals surface area (Å²) in [5.74, 6) is 0. The highest BCUT2D eigenvalue weighted by molar-refractivity contribution is 4.87. The number of hydrogen-bond donors (Lipinski definition) is 1. The third kappa shape index (κ3) is 2.64. The van der Waals surface area contributed by atoms with E-state index in [4.69, 9.17) is 5.11 Å². The summed E-state index contributed by atoms with van der Waals surface area (Å²) in [7, 11) is 2.98. The van der Waals surface area contributed by atoms with Crippen molar-refractivity contribution < 1.29 is 18.3 Å². The highest BCUT2D eigenvalue weighted by Gasteiger charge is 2.52. The number of aliphatic hydroxyl groups is 1. The lowest BCUT2D eigenvalue weighted by atomic mass is 10.00. The third-order valence-corrected chi connectivity index (χ3v) is 1.69. The van der Waals surface area contributed by atoms with Crippen LogP contribution in [0.4, 0.5) is 13.2 Å². The molecule has 0 aliphatic heterocycles. The normalized spacial score (nSPS) is 18.0. The van der Waals surface area contributed by atoms with Gasteiger partial charge in [-0.2, -0.15) is 13.2 Å². The lowest BCUT2D eigenvalue weighted by molar-refractivity contribution is -0.264. The van der Waals surface area contributed by atoms with Crippen LogP contribution in [-0.4, -0.2) is 42.4 Å². The molecule has 0 radical (unpaired) electrons. The first kappa shape index (κ1) is 11.7. The van der Waals surface area contributed by atoms with E-state index in [1.165, 1.54) is 25.9 Å². The van der Waals surface area contributed by atoms with Crippen LogP contribution in [0.25, 0.3) is 0 Å². The van der Waals surface area contributed by atoms with E-state index in [9.17, 15) is 13.2 Å². The Labute approximate surface area is 70.0 Å². The Balaban J connectivity index is 4.46. The number of halogens is 3. The maximum absolute atomic E-state index is 12.2. The Kier molecular flexibility index (Phi) is 3.53. The Morgan fingerprint density at radius 1 is 1.25 bits per heavy atom. The summed E-state index contributed by atoms with van der Waals surface area (Å²) >= 11 is 0. The largest absolute Gasteiger partial charge is 0.418 e. The average molecular weight is 185 g/mol. The molecular formula is C7H14F3NO. The summed E-state index contributed by atoms with van der Waals surface area (Å²) in [6.45, 7) is 0.921. The van der Waals surface area contributed by atoms with Crippen LogP contribution in [0.15, 0.2) is 0 Å². The minimum atomic E-state index is -4.55. The van der Waals surface area contributed by atoms with Gasteiger partial charge in [-0.25, -0.2) is 0 Å². The lowest BCUT2D eigenvalue weighted by Gasteiger charge is -2.31. The zero-order valence-corrected chi connectivity index (χ0v) is 7.44. The molecule has 5 heteroatoms. The predicted molar refractivity (Wildman–Crippen MR) is 39.8 cm³/mol. The monoisotopic (exact) mass is 185 g/mol. The van der Waals surface area contributed by atoms with E-state index >= 15 is 0 Å². The molecule has 0 aromatic heterocycles. The van der Waals surface area contributed by atoms with Crippen molar-refractivity contribution in [3.05, 3.63) is 0 Å². The van der Waals surface area contributed by atoms with E-state index in [1.54, 1.807) is 0 Å². The van der Waals surface area contributed by atoms with Gasteiger partial charge in [0.05, 0.1) is 0 Å². The van der Waals surface area contributed by atoms with E-state index < -0.39 is 18.3 Å². The van der Waals surface area contributed by atoms with E-state index in [2.05, 4.69) is 0 Å². The maximum Gasteiger partial charge on any atom is 0.418 e. The SMILES string of the molecule is CCC(O)(CN(C)C)C(F)(F)F. The average Bonchev–Trinajstić information content (AvgIpc) is 1.83. The van der Waals surface area contributed by atoms with Gasteiger partial charge in [0.25, 0.3) is 0 Å². The molecule has 0 aliphatic rings. The van der Waals surface area contributed by atoms with Gasteiger partial charge in [-0.15, -0.1) is 0 Å². The summed E-state index contributed by atoms with van der Waals surface area (Å²) in [6.07, 6.45) is -4.87. The van der Waals surface area contributed by atoms with Gasteiger partial charge in [0, 0.05) is 6.54 Å². The molecule has 2 nitrogen and oxygen atoms in total. The maximum atomic E-state index is 12.2.